The monoisotopic (exact) mass is 411 g/mol. The van der Waals surface area contributed by atoms with Crippen molar-refractivity contribution < 1.29 is 19.0 Å². The van der Waals surface area contributed by atoms with Gasteiger partial charge < -0.3 is 19.5 Å². The molecule has 0 saturated heterocycles. The van der Waals surface area contributed by atoms with Crippen LogP contribution in [0.4, 0.5) is 5.69 Å². The summed E-state index contributed by atoms with van der Waals surface area (Å²) in [6.45, 7) is 2.64. The third-order valence-corrected chi connectivity index (χ3v) is 4.50. The summed E-state index contributed by atoms with van der Waals surface area (Å²) in [4.78, 5) is 12.7. The van der Waals surface area contributed by atoms with Crippen molar-refractivity contribution in [2.75, 3.05) is 19.0 Å². The van der Waals surface area contributed by atoms with Crippen LogP contribution >= 0.6 is 11.6 Å². The van der Waals surface area contributed by atoms with Crippen molar-refractivity contribution in [3.05, 3.63) is 82.9 Å². The van der Waals surface area contributed by atoms with Crippen LogP contribution in [-0.4, -0.2) is 19.6 Å². The van der Waals surface area contributed by atoms with Gasteiger partial charge in [-0.3, -0.25) is 4.79 Å². The number of nitrogens with one attached hydrogen (secondary N) is 1. The van der Waals surface area contributed by atoms with E-state index in [9.17, 15) is 4.79 Å². The summed E-state index contributed by atoms with van der Waals surface area (Å²) in [6, 6.07) is 19.7. The molecule has 3 aromatic carbocycles. The molecule has 0 aliphatic heterocycles. The van der Waals surface area contributed by atoms with E-state index >= 15 is 0 Å². The molecule has 150 valence electrons. The van der Waals surface area contributed by atoms with Crippen LogP contribution in [0.25, 0.3) is 0 Å². The molecule has 6 heteroatoms. The molecule has 3 rings (SSSR count). The fourth-order valence-electron chi connectivity index (χ4n) is 2.72. The van der Waals surface area contributed by atoms with Crippen molar-refractivity contribution in [1.82, 2.24) is 0 Å². The van der Waals surface area contributed by atoms with Crippen LogP contribution in [0, 0.1) is 0 Å². The van der Waals surface area contributed by atoms with E-state index in [1.54, 1.807) is 61.7 Å². The Bertz CT molecular complexity index is 973. The summed E-state index contributed by atoms with van der Waals surface area (Å²) < 4.78 is 16.6. The highest BCUT2D eigenvalue weighted by atomic mass is 35.5. The van der Waals surface area contributed by atoms with Gasteiger partial charge in [-0.2, -0.15) is 0 Å². The van der Waals surface area contributed by atoms with Crippen LogP contribution < -0.4 is 19.5 Å². The Morgan fingerprint density at radius 2 is 1.72 bits per heavy atom. The lowest BCUT2D eigenvalue weighted by molar-refractivity contribution is 0.102. The summed E-state index contributed by atoms with van der Waals surface area (Å²) in [6.07, 6.45) is 0. The molecule has 0 heterocycles. The number of methoxy groups -OCH3 is 1. The number of para-hydroxylation sites is 1. The van der Waals surface area contributed by atoms with E-state index in [-0.39, 0.29) is 12.5 Å². The van der Waals surface area contributed by atoms with Crippen molar-refractivity contribution in [3.8, 4) is 17.2 Å². The molecule has 0 unspecified atom stereocenters. The normalized spacial score (nSPS) is 10.3. The molecular weight excluding hydrogens is 390 g/mol. The highest BCUT2D eigenvalue weighted by Gasteiger charge is 2.12. The largest absolute Gasteiger partial charge is 0.497 e. The molecule has 29 heavy (non-hydrogen) atoms. The van der Waals surface area contributed by atoms with Gasteiger partial charge in [-0.25, -0.2) is 0 Å². The number of halogens is 1. The molecule has 5 nitrogen and oxygen atoms in total. The molecule has 0 aliphatic rings. The Balaban J connectivity index is 1.77. The minimum atomic E-state index is -0.225. The Morgan fingerprint density at radius 1 is 0.966 bits per heavy atom. The van der Waals surface area contributed by atoms with E-state index < -0.39 is 0 Å². The second kappa shape index (κ2) is 9.85. The molecule has 0 fully saturated rings. The highest BCUT2D eigenvalue weighted by molar-refractivity contribution is 6.32. The number of hydrogen-bond acceptors (Lipinski definition) is 4. The van der Waals surface area contributed by atoms with Gasteiger partial charge in [0, 0.05) is 16.8 Å². The third kappa shape index (κ3) is 5.42. The van der Waals surface area contributed by atoms with Crippen LogP contribution in [0.2, 0.25) is 5.02 Å². The molecule has 0 aromatic heterocycles. The van der Waals surface area contributed by atoms with Crippen LogP contribution in [0.3, 0.4) is 0 Å². The smallest absolute Gasteiger partial charge is 0.255 e. The summed E-state index contributed by atoms with van der Waals surface area (Å²) in [5.74, 6) is 1.74. The lowest BCUT2D eigenvalue weighted by Crippen LogP contribution is -2.13. The predicted molar refractivity (Wildman–Crippen MR) is 114 cm³/mol. The zero-order chi connectivity index (χ0) is 20.6. The van der Waals surface area contributed by atoms with Crippen LogP contribution in [0.15, 0.2) is 66.7 Å². The maximum absolute atomic E-state index is 12.7. The first kappa shape index (κ1) is 20.6. The number of hydrogen-bond donors (Lipinski definition) is 1. The number of carbonyl (C=O) groups is 1. The number of rotatable bonds is 8. The lowest BCUT2D eigenvalue weighted by atomic mass is 10.1. The Hall–Kier alpha value is -3.18. The summed E-state index contributed by atoms with van der Waals surface area (Å²) in [5, 5.41) is 3.40. The second-order valence-electron chi connectivity index (χ2n) is 6.16. The molecule has 0 bridgehead atoms. The Morgan fingerprint density at radius 3 is 2.41 bits per heavy atom. The fourth-order valence-corrected chi connectivity index (χ4v) is 2.91. The van der Waals surface area contributed by atoms with Crippen molar-refractivity contribution in [2.24, 2.45) is 0 Å². The molecule has 0 spiro atoms. The quantitative estimate of drug-likeness (QED) is 0.525. The van der Waals surface area contributed by atoms with E-state index in [1.165, 1.54) is 0 Å². The van der Waals surface area contributed by atoms with Crippen LogP contribution in [0.1, 0.15) is 22.8 Å². The molecule has 0 aliphatic carbocycles. The minimum Gasteiger partial charge on any atom is -0.497 e. The highest BCUT2D eigenvalue weighted by Crippen LogP contribution is 2.27. The van der Waals surface area contributed by atoms with E-state index in [2.05, 4.69) is 5.32 Å². The van der Waals surface area contributed by atoms with E-state index in [4.69, 9.17) is 25.8 Å². The van der Waals surface area contributed by atoms with Crippen molar-refractivity contribution in [1.29, 1.82) is 0 Å². The molecule has 0 radical (unpaired) electrons. The molecule has 0 saturated carbocycles. The maximum atomic E-state index is 12.7. The van der Waals surface area contributed by atoms with Gasteiger partial charge in [0.1, 0.15) is 23.9 Å². The number of carbonyl (C=O) groups excluding carboxylic acids is 1. The van der Waals surface area contributed by atoms with E-state index in [1.807, 2.05) is 19.1 Å². The van der Waals surface area contributed by atoms with Gasteiger partial charge in [0.15, 0.2) is 0 Å². The standard InChI is InChI=1S/C23H22ClNO4/c1-3-28-21-13-8-16(23(26)25-18-9-11-19(27-2)12-10-18)14-17(21)15-29-22-7-5-4-6-20(22)24/h4-14H,3,15H2,1-2H3,(H,25,26). The number of amides is 1. The maximum Gasteiger partial charge on any atom is 0.255 e. The molecule has 1 amide bonds. The summed E-state index contributed by atoms with van der Waals surface area (Å²) in [7, 11) is 1.60. The topological polar surface area (TPSA) is 56.8 Å². The molecular formula is C23H22ClNO4. The predicted octanol–water partition coefficient (Wildman–Crippen LogP) is 5.58. The van der Waals surface area contributed by atoms with Crippen molar-refractivity contribution in [3.63, 3.8) is 0 Å². The number of anilines is 1. The lowest BCUT2D eigenvalue weighted by Gasteiger charge is -2.14. The molecule has 1 N–H and O–H groups in total. The molecule has 3 aromatic rings. The third-order valence-electron chi connectivity index (χ3n) is 4.19. The number of ether oxygens (including phenoxy) is 3. The fraction of sp³-hybridized carbons (Fsp3) is 0.174. The Kier molecular flexibility index (Phi) is 6.98. The Labute approximate surface area is 175 Å². The zero-order valence-corrected chi connectivity index (χ0v) is 17.0. The molecule has 0 atom stereocenters. The van der Waals surface area contributed by atoms with E-state index in [0.717, 1.165) is 11.3 Å². The van der Waals surface area contributed by atoms with Crippen molar-refractivity contribution in [2.45, 2.75) is 13.5 Å². The average Bonchev–Trinajstić information content (AvgIpc) is 2.74. The van der Waals surface area contributed by atoms with E-state index in [0.29, 0.717) is 34.4 Å². The van der Waals surface area contributed by atoms with Crippen molar-refractivity contribution >= 4 is 23.2 Å². The first-order chi connectivity index (χ1) is 14.1. The van der Waals surface area contributed by atoms with Gasteiger partial charge in [0.2, 0.25) is 0 Å². The van der Waals surface area contributed by atoms with Gasteiger partial charge in [-0.15, -0.1) is 0 Å². The van der Waals surface area contributed by atoms with Gasteiger partial charge in [0.05, 0.1) is 18.7 Å². The number of benzene rings is 3. The summed E-state index contributed by atoms with van der Waals surface area (Å²) in [5.41, 5.74) is 1.94. The van der Waals surface area contributed by atoms with Crippen LogP contribution in [0.5, 0.6) is 17.2 Å². The second-order valence-corrected chi connectivity index (χ2v) is 6.56. The SMILES string of the molecule is CCOc1ccc(C(=O)Nc2ccc(OC)cc2)cc1COc1ccccc1Cl. The van der Waals surface area contributed by atoms with Gasteiger partial charge >= 0.3 is 0 Å². The first-order valence-corrected chi connectivity index (χ1v) is 9.57. The van der Waals surface area contributed by atoms with Gasteiger partial charge in [-0.05, 0) is 61.5 Å². The average molecular weight is 412 g/mol. The van der Waals surface area contributed by atoms with Gasteiger partial charge in [-0.1, -0.05) is 23.7 Å². The first-order valence-electron chi connectivity index (χ1n) is 9.19. The zero-order valence-electron chi connectivity index (χ0n) is 16.3. The van der Waals surface area contributed by atoms with Crippen LogP contribution in [-0.2, 0) is 6.61 Å². The minimum absolute atomic E-state index is 0.225. The van der Waals surface area contributed by atoms with Gasteiger partial charge in [0.25, 0.3) is 5.91 Å². The summed E-state index contributed by atoms with van der Waals surface area (Å²) >= 11 is 6.16.